The van der Waals surface area contributed by atoms with Gasteiger partial charge < -0.3 is 15.4 Å². The van der Waals surface area contributed by atoms with Crippen LogP contribution in [-0.2, 0) is 4.74 Å². The van der Waals surface area contributed by atoms with Crippen molar-refractivity contribution in [3.63, 3.8) is 0 Å². The second-order valence-electron chi connectivity index (χ2n) is 6.97. The van der Waals surface area contributed by atoms with Gasteiger partial charge >= 0.3 is 6.09 Å². The molecule has 0 aromatic heterocycles. The number of ether oxygens (including phenoxy) is 1. The van der Waals surface area contributed by atoms with Gasteiger partial charge in [-0.05, 0) is 52.0 Å². The molecule has 0 bridgehead atoms. The second-order valence-corrected chi connectivity index (χ2v) is 6.97. The SMILES string of the molecule is CC(C)(C)OC(=O)N1CCCC1C(CN)C1CCC1. The molecule has 1 aliphatic carbocycles. The molecule has 2 fully saturated rings. The summed E-state index contributed by atoms with van der Waals surface area (Å²) < 4.78 is 5.52. The maximum absolute atomic E-state index is 12.3. The van der Waals surface area contributed by atoms with E-state index in [1.54, 1.807) is 0 Å². The molecule has 1 aliphatic heterocycles. The fraction of sp³-hybridized carbons (Fsp3) is 0.933. The van der Waals surface area contributed by atoms with Crippen molar-refractivity contribution in [3.05, 3.63) is 0 Å². The minimum Gasteiger partial charge on any atom is -0.444 e. The van der Waals surface area contributed by atoms with Crippen molar-refractivity contribution in [2.24, 2.45) is 17.6 Å². The number of nitrogens with zero attached hydrogens (tertiary/aromatic N) is 1. The normalized spacial score (nSPS) is 26.1. The van der Waals surface area contributed by atoms with E-state index in [0.717, 1.165) is 25.3 Å². The van der Waals surface area contributed by atoms with E-state index in [-0.39, 0.29) is 6.09 Å². The lowest BCUT2D eigenvalue weighted by molar-refractivity contribution is 0.0115. The minimum absolute atomic E-state index is 0.159. The molecule has 1 amide bonds. The quantitative estimate of drug-likeness (QED) is 0.856. The third-order valence-electron chi connectivity index (χ3n) is 4.45. The first-order valence-corrected chi connectivity index (χ1v) is 7.62. The van der Waals surface area contributed by atoms with Gasteiger partial charge in [0, 0.05) is 12.6 Å². The first kappa shape index (κ1) is 14.6. The number of hydrogen-bond acceptors (Lipinski definition) is 3. The van der Waals surface area contributed by atoms with E-state index in [4.69, 9.17) is 10.5 Å². The van der Waals surface area contributed by atoms with Gasteiger partial charge in [0.25, 0.3) is 0 Å². The molecule has 2 rings (SSSR count). The maximum atomic E-state index is 12.3. The highest BCUT2D eigenvalue weighted by Gasteiger charge is 2.40. The summed E-state index contributed by atoms with van der Waals surface area (Å²) in [5, 5.41) is 0. The molecule has 110 valence electrons. The van der Waals surface area contributed by atoms with E-state index in [2.05, 4.69) is 0 Å². The monoisotopic (exact) mass is 268 g/mol. The fourth-order valence-corrected chi connectivity index (χ4v) is 3.32. The Bertz CT molecular complexity index is 321. The number of nitrogens with two attached hydrogens (primary N) is 1. The summed E-state index contributed by atoms with van der Waals surface area (Å²) in [6.45, 7) is 7.27. The summed E-state index contributed by atoms with van der Waals surface area (Å²) in [6, 6.07) is 0.296. The lowest BCUT2D eigenvalue weighted by Gasteiger charge is -2.40. The van der Waals surface area contributed by atoms with Crippen molar-refractivity contribution in [2.45, 2.75) is 64.5 Å². The Labute approximate surface area is 116 Å². The zero-order valence-corrected chi connectivity index (χ0v) is 12.5. The Balaban J connectivity index is 2.00. The number of likely N-dealkylation sites (tertiary alicyclic amines) is 1. The molecule has 0 aromatic rings. The van der Waals surface area contributed by atoms with E-state index in [1.807, 2.05) is 25.7 Å². The molecular formula is C15H28N2O2. The molecule has 0 spiro atoms. The van der Waals surface area contributed by atoms with Gasteiger partial charge in [-0.1, -0.05) is 19.3 Å². The summed E-state index contributed by atoms with van der Waals surface area (Å²) in [4.78, 5) is 14.2. The minimum atomic E-state index is -0.418. The highest BCUT2D eigenvalue weighted by atomic mass is 16.6. The average Bonchev–Trinajstić information content (AvgIpc) is 2.68. The molecule has 1 saturated carbocycles. The number of amides is 1. The van der Waals surface area contributed by atoms with Gasteiger partial charge in [0.05, 0.1) is 0 Å². The van der Waals surface area contributed by atoms with Crippen LogP contribution in [0.25, 0.3) is 0 Å². The van der Waals surface area contributed by atoms with Crippen LogP contribution in [-0.4, -0.2) is 35.7 Å². The smallest absolute Gasteiger partial charge is 0.410 e. The van der Waals surface area contributed by atoms with Crippen molar-refractivity contribution in [1.29, 1.82) is 0 Å². The van der Waals surface area contributed by atoms with Crippen LogP contribution in [0.3, 0.4) is 0 Å². The molecule has 4 heteroatoms. The highest BCUT2D eigenvalue weighted by molar-refractivity contribution is 5.69. The largest absolute Gasteiger partial charge is 0.444 e. The molecule has 2 unspecified atom stereocenters. The maximum Gasteiger partial charge on any atom is 0.410 e. The van der Waals surface area contributed by atoms with Gasteiger partial charge in [-0.3, -0.25) is 0 Å². The zero-order chi connectivity index (χ0) is 14.0. The zero-order valence-electron chi connectivity index (χ0n) is 12.5. The lowest BCUT2D eigenvalue weighted by Crippen LogP contribution is -2.48. The summed E-state index contributed by atoms with van der Waals surface area (Å²) >= 11 is 0. The number of hydrogen-bond donors (Lipinski definition) is 1. The standard InChI is InChI=1S/C15H28N2O2/c1-15(2,3)19-14(18)17-9-5-8-13(17)12(10-16)11-6-4-7-11/h11-13H,4-10,16H2,1-3H3. The van der Waals surface area contributed by atoms with Crippen molar-refractivity contribution >= 4 is 6.09 Å². The van der Waals surface area contributed by atoms with Crippen LogP contribution in [0.1, 0.15) is 52.9 Å². The van der Waals surface area contributed by atoms with Crippen LogP contribution in [0.2, 0.25) is 0 Å². The van der Waals surface area contributed by atoms with Gasteiger partial charge in [-0.2, -0.15) is 0 Å². The Morgan fingerprint density at radius 1 is 1.32 bits per heavy atom. The molecule has 1 saturated heterocycles. The van der Waals surface area contributed by atoms with Gasteiger partial charge in [0.1, 0.15) is 5.60 Å². The van der Waals surface area contributed by atoms with Crippen LogP contribution in [0.15, 0.2) is 0 Å². The molecule has 2 N–H and O–H groups in total. The number of carbonyl (C=O) groups excluding carboxylic acids is 1. The summed E-state index contributed by atoms with van der Waals surface area (Å²) in [6.07, 6.45) is 5.87. The molecular weight excluding hydrogens is 240 g/mol. The molecule has 4 nitrogen and oxygen atoms in total. The van der Waals surface area contributed by atoms with Crippen LogP contribution >= 0.6 is 0 Å². The molecule has 0 radical (unpaired) electrons. The van der Waals surface area contributed by atoms with E-state index < -0.39 is 5.60 Å². The third-order valence-corrected chi connectivity index (χ3v) is 4.45. The van der Waals surface area contributed by atoms with Crippen LogP contribution < -0.4 is 5.73 Å². The van der Waals surface area contributed by atoms with Crippen LogP contribution in [0, 0.1) is 11.8 Å². The van der Waals surface area contributed by atoms with E-state index in [1.165, 1.54) is 19.3 Å². The average molecular weight is 268 g/mol. The molecule has 19 heavy (non-hydrogen) atoms. The first-order chi connectivity index (χ1) is 8.92. The third kappa shape index (κ3) is 3.41. The van der Waals surface area contributed by atoms with E-state index in [0.29, 0.717) is 18.5 Å². The Morgan fingerprint density at radius 2 is 2.00 bits per heavy atom. The van der Waals surface area contributed by atoms with Crippen molar-refractivity contribution in [2.75, 3.05) is 13.1 Å². The van der Waals surface area contributed by atoms with Crippen molar-refractivity contribution in [1.82, 2.24) is 4.90 Å². The number of carbonyl (C=O) groups is 1. The predicted molar refractivity (Wildman–Crippen MR) is 75.8 cm³/mol. The topological polar surface area (TPSA) is 55.6 Å². The summed E-state index contributed by atoms with van der Waals surface area (Å²) in [7, 11) is 0. The Kier molecular flexibility index (Phi) is 4.39. The van der Waals surface area contributed by atoms with Crippen molar-refractivity contribution < 1.29 is 9.53 Å². The van der Waals surface area contributed by atoms with Crippen LogP contribution in [0.5, 0.6) is 0 Å². The van der Waals surface area contributed by atoms with Crippen LogP contribution in [0.4, 0.5) is 4.79 Å². The van der Waals surface area contributed by atoms with E-state index in [9.17, 15) is 4.79 Å². The second kappa shape index (κ2) is 5.70. The van der Waals surface area contributed by atoms with Gasteiger partial charge in [-0.15, -0.1) is 0 Å². The van der Waals surface area contributed by atoms with Gasteiger partial charge in [-0.25, -0.2) is 4.79 Å². The van der Waals surface area contributed by atoms with Gasteiger partial charge in [0.15, 0.2) is 0 Å². The lowest BCUT2D eigenvalue weighted by atomic mass is 9.72. The Morgan fingerprint density at radius 3 is 2.47 bits per heavy atom. The summed E-state index contributed by atoms with van der Waals surface area (Å²) in [5.74, 6) is 1.18. The van der Waals surface area contributed by atoms with Gasteiger partial charge in [0.2, 0.25) is 0 Å². The van der Waals surface area contributed by atoms with Crippen molar-refractivity contribution in [3.8, 4) is 0 Å². The van der Waals surface area contributed by atoms with E-state index >= 15 is 0 Å². The molecule has 1 heterocycles. The molecule has 2 atom stereocenters. The predicted octanol–water partition coefficient (Wildman–Crippen LogP) is 2.76. The Hall–Kier alpha value is -0.770. The highest BCUT2D eigenvalue weighted by Crippen LogP contribution is 2.39. The number of rotatable bonds is 3. The first-order valence-electron chi connectivity index (χ1n) is 7.62. The summed E-state index contributed by atoms with van der Waals surface area (Å²) in [5.41, 5.74) is 5.56. The molecule has 2 aliphatic rings. The molecule has 0 aromatic carbocycles. The fourth-order valence-electron chi connectivity index (χ4n) is 3.32.